The SMILES string of the molecule is O=C(Nc1ccc(OCC2CN2CC2CC2)cc1)C1CC1. The molecule has 3 fully saturated rings. The Morgan fingerprint density at radius 1 is 1.19 bits per heavy atom. The minimum Gasteiger partial charge on any atom is -0.492 e. The summed E-state index contributed by atoms with van der Waals surface area (Å²) in [5, 5.41) is 2.94. The van der Waals surface area contributed by atoms with Gasteiger partial charge in [-0.1, -0.05) is 0 Å². The minimum absolute atomic E-state index is 0.150. The molecule has 0 bridgehead atoms. The Kier molecular flexibility index (Phi) is 3.34. The van der Waals surface area contributed by atoms with Gasteiger partial charge in [0, 0.05) is 24.7 Å². The van der Waals surface area contributed by atoms with E-state index in [1.54, 1.807) is 0 Å². The highest BCUT2D eigenvalue weighted by Gasteiger charge is 2.38. The molecule has 1 aliphatic heterocycles. The lowest BCUT2D eigenvalue weighted by atomic mass is 10.3. The lowest BCUT2D eigenvalue weighted by Crippen LogP contribution is -2.14. The van der Waals surface area contributed by atoms with Crippen LogP contribution < -0.4 is 10.1 Å². The molecule has 1 amide bonds. The molecule has 1 N–H and O–H groups in total. The molecule has 4 rings (SSSR count). The summed E-state index contributed by atoms with van der Waals surface area (Å²) >= 11 is 0. The largest absolute Gasteiger partial charge is 0.492 e. The molecule has 0 spiro atoms. The van der Waals surface area contributed by atoms with Gasteiger partial charge in [0.2, 0.25) is 5.91 Å². The lowest BCUT2D eigenvalue weighted by molar-refractivity contribution is -0.117. The van der Waals surface area contributed by atoms with Crippen molar-refractivity contribution in [3.8, 4) is 5.75 Å². The van der Waals surface area contributed by atoms with Crippen LogP contribution in [0.3, 0.4) is 0 Å². The zero-order valence-corrected chi connectivity index (χ0v) is 12.3. The third kappa shape index (κ3) is 3.56. The average molecular weight is 286 g/mol. The number of anilines is 1. The normalized spacial score (nSPS) is 27.2. The summed E-state index contributed by atoms with van der Waals surface area (Å²) < 4.78 is 5.83. The van der Waals surface area contributed by atoms with Crippen molar-refractivity contribution in [2.45, 2.75) is 31.7 Å². The van der Waals surface area contributed by atoms with Gasteiger partial charge in [-0.05, 0) is 55.9 Å². The summed E-state index contributed by atoms with van der Waals surface area (Å²) in [5.41, 5.74) is 0.862. The molecule has 112 valence electrons. The maximum absolute atomic E-state index is 11.7. The Morgan fingerprint density at radius 3 is 2.62 bits per heavy atom. The predicted octanol–water partition coefficient (Wildman–Crippen LogP) is 2.51. The van der Waals surface area contributed by atoms with E-state index in [4.69, 9.17) is 4.74 Å². The van der Waals surface area contributed by atoms with Crippen molar-refractivity contribution in [2.24, 2.45) is 11.8 Å². The number of carbonyl (C=O) groups excluding carboxylic acids is 1. The van der Waals surface area contributed by atoms with Gasteiger partial charge in [-0.25, -0.2) is 0 Å². The number of benzene rings is 1. The van der Waals surface area contributed by atoms with Crippen molar-refractivity contribution < 1.29 is 9.53 Å². The van der Waals surface area contributed by atoms with Crippen LogP contribution in [0.1, 0.15) is 25.7 Å². The van der Waals surface area contributed by atoms with Crippen molar-refractivity contribution in [2.75, 3.05) is 25.0 Å². The number of nitrogens with zero attached hydrogens (tertiary/aromatic N) is 1. The molecule has 2 aliphatic carbocycles. The molecule has 0 radical (unpaired) electrons. The number of nitrogens with one attached hydrogen (secondary N) is 1. The third-order valence-electron chi connectivity index (χ3n) is 4.53. The molecular weight excluding hydrogens is 264 g/mol. The standard InChI is InChI=1S/C17H22N2O2/c20-17(13-3-4-13)18-14-5-7-16(8-6-14)21-11-15-10-19(15)9-12-1-2-12/h5-8,12-13,15H,1-4,9-11H2,(H,18,20). The van der Waals surface area contributed by atoms with Crippen LogP contribution in [0.2, 0.25) is 0 Å². The highest BCUT2D eigenvalue weighted by Crippen LogP contribution is 2.34. The maximum atomic E-state index is 11.7. The Morgan fingerprint density at radius 2 is 1.95 bits per heavy atom. The number of rotatable bonds is 7. The van der Waals surface area contributed by atoms with Gasteiger partial charge in [0.25, 0.3) is 0 Å². The summed E-state index contributed by atoms with van der Waals surface area (Å²) in [5.74, 6) is 2.24. The number of ether oxygens (including phenoxy) is 1. The van der Waals surface area contributed by atoms with Gasteiger partial charge in [-0.3, -0.25) is 9.69 Å². The van der Waals surface area contributed by atoms with Crippen LogP contribution in [0.4, 0.5) is 5.69 Å². The first kappa shape index (κ1) is 13.1. The van der Waals surface area contributed by atoms with E-state index in [1.165, 1.54) is 25.9 Å². The molecule has 4 heteroatoms. The first-order chi connectivity index (χ1) is 10.3. The second kappa shape index (κ2) is 5.34. The Hall–Kier alpha value is -1.55. The van der Waals surface area contributed by atoms with Crippen LogP contribution in [-0.2, 0) is 4.79 Å². The lowest BCUT2D eigenvalue weighted by Gasteiger charge is -2.08. The van der Waals surface area contributed by atoms with E-state index in [0.717, 1.165) is 36.8 Å². The summed E-state index contributed by atoms with van der Waals surface area (Å²) in [6.45, 7) is 3.23. The molecule has 1 saturated heterocycles. The maximum Gasteiger partial charge on any atom is 0.227 e. The van der Waals surface area contributed by atoms with Gasteiger partial charge in [0.05, 0.1) is 6.04 Å². The van der Waals surface area contributed by atoms with E-state index in [0.29, 0.717) is 6.04 Å². The van der Waals surface area contributed by atoms with Crippen LogP contribution in [0.15, 0.2) is 24.3 Å². The van der Waals surface area contributed by atoms with E-state index in [2.05, 4.69) is 10.2 Å². The van der Waals surface area contributed by atoms with Gasteiger partial charge in [0.1, 0.15) is 12.4 Å². The van der Waals surface area contributed by atoms with Crippen molar-refractivity contribution in [3.63, 3.8) is 0 Å². The monoisotopic (exact) mass is 286 g/mol. The summed E-state index contributed by atoms with van der Waals surface area (Å²) in [6.07, 6.45) is 4.90. The number of carbonyl (C=O) groups is 1. The zero-order valence-electron chi connectivity index (χ0n) is 12.3. The Balaban J connectivity index is 1.21. The van der Waals surface area contributed by atoms with Crippen molar-refractivity contribution in [1.29, 1.82) is 0 Å². The van der Waals surface area contributed by atoms with E-state index in [1.807, 2.05) is 24.3 Å². The molecule has 2 saturated carbocycles. The molecular formula is C17H22N2O2. The number of amides is 1. The van der Waals surface area contributed by atoms with E-state index in [-0.39, 0.29) is 11.8 Å². The van der Waals surface area contributed by atoms with E-state index in [9.17, 15) is 4.79 Å². The number of hydrogen-bond donors (Lipinski definition) is 1. The van der Waals surface area contributed by atoms with Gasteiger partial charge in [-0.15, -0.1) is 0 Å². The minimum atomic E-state index is 0.150. The fourth-order valence-electron chi connectivity index (χ4n) is 2.65. The van der Waals surface area contributed by atoms with Gasteiger partial charge in [0.15, 0.2) is 0 Å². The Bertz CT molecular complexity index is 520. The van der Waals surface area contributed by atoms with Gasteiger partial charge < -0.3 is 10.1 Å². The molecule has 0 aromatic heterocycles. The van der Waals surface area contributed by atoms with Crippen LogP contribution in [0, 0.1) is 11.8 Å². The highest BCUT2D eigenvalue weighted by molar-refractivity contribution is 5.94. The van der Waals surface area contributed by atoms with Crippen LogP contribution in [-0.4, -0.2) is 36.5 Å². The Labute approximate surface area is 125 Å². The smallest absolute Gasteiger partial charge is 0.227 e. The summed E-state index contributed by atoms with van der Waals surface area (Å²) in [4.78, 5) is 14.2. The molecule has 1 aromatic carbocycles. The van der Waals surface area contributed by atoms with Crippen molar-refractivity contribution >= 4 is 11.6 Å². The molecule has 21 heavy (non-hydrogen) atoms. The van der Waals surface area contributed by atoms with Gasteiger partial charge in [-0.2, -0.15) is 0 Å². The fourth-order valence-corrected chi connectivity index (χ4v) is 2.65. The van der Waals surface area contributed by atoms with E-state index >= 15 is 0 Å². The summed E-state index contributed by atoms with van der Waals surface area (Å²) in [6, 6.07) is 8.33. The zero-order chi connectivity index (χ0) is 14.2. The highest BCUT2D eigenvalue weighted by atomic mass is 16.5. The summed E-state index contributed by atoms with van der Waals surface area (Å²) in [7, 11) is 0. The predicted molar refractivity (Wildman–Crippen MR) is 81.4 cm³/mol. The van der Waals surface area contributed by atoms with E-state index < -0.39 is 0 Å². The first-order valence-electron chi connectivity index (χ1n) is 8.06. The molecule has 2 unspecified atom stereocenters. The van der Waals surface area contributed by atoms with Crippen molar-refractivity contribution in [3.05, 3.63) is 24.3 Å². The second-order valence-electron chi connectivity index (χ2n) is 6.65. The van der Waals surface area contributed by atoms with Crippen molar-refractivity contribution in [1.82, 2.24) is 4.90 Å². The fraction of sp³-hybridized carbons (Fsp3) is 0.588. The van der Waals surface area contributed by atoms with Crippen LogP contribution in [0.5, 0.6) is 5.75 Å². The number of hydrogen-bond acceptors (Lipinski definition) is 3. The quantitative estimate of drug-likeness (QED) is 0.783. The van der Waals surface area contributed by atoms with Crippen LogP contribution >= 0.6 is 0 Å². The molecule has 2 atom stereocenters. The third-order valence-corrected chi connectivity index (χ3v) is 4.53. The molecule has 4 nitrogen and oxygen atoms in total. The first-order valence-corrected chi connectivity index (χ1v) is 8.06. The molecule has 3 aliphatic rings. The molecule has 1 heterocycles. The topological polar surface area (TPSA) is 41.3 Å². The molecule has 1 aromatic rings. The van der Waals surface area contributed by atoms with Gasteiger partial charge >= 0.3 is 0 Å². The average Bonchev–Trinajstić information content (AvgIpc) is 3.36. The van der Waals surface area contributed by atoms with Crippen LogP contribution in [0.25, 0.3) is 0 Å². The second-order valence-corrected chi connectivity index (χ2v) is 6.65.